The third kappa shape index (κ3) is 3.45. The minimum Gasteiger partial charge on any atom is -0.326 e. The van der Waals surface area contributed by atoms with Crippen molar-refractivity contribution in [2.75, 3.05) is 0 Å². The van der Waals surface area contributed by atoms with Crippen molar-refractivity contribution >= 4 is 10.8 Å². The summed E-state index contributed by atoms with van der Waals surface area (Å²) in [6, 6.07) is 10.0. The summed E-state index contributed by atoms with van der Waals surface area (Å²) in [7, 11) is -1.29. The molecule has 2 N–H and O–H groups in total. The third-order valence-electron chi connectivity index (χ3n) is 2.70. The molecule has 2 nitrogen and oxygen atoms in total. The molecule has 0 saturated carbocycles. The topological polar surface area (TPSA) is 43.1 Å². The molecule has 0 aliphatic carbocycles. The van der Waals surface area contributed by atoms with E-state index in [9.17, 15) is 13.0 Å². The van der Waals surface area contributed by atoms with Gasteiger partial charge in [0.1, 0.15) is 11.6 Å². The van der Waals surface area contributed by atoms with E-state index in [0.29, 0.717) is 10.5 Å². The van der Waals surface area contributed by atoms with Gasteiger partial charge in [0.05, 0.1) is 16.6 Å². The molecule has 100 valence electrons. The van der Waals surface area contributed by atoms with E-state index in [0.717, 1.165) is 5.56 Å². The van der Waals surface area contributed by atoms with Gasteiger partial charge in [-0.05, 0) is 35.9 Å². The van der Waals surface area contributed by atoms with E-state index in [1.165, 1.54) is 30.3 Å². The average Bonchev–Trinajstić information content (AvgIpc) is 2.41. The van der Waals surface area contributed by atoms with Gasteiger partial charge in [0, 0.05) is 17.0 Å². The van der Waals surface area contributed by atoms with Gasteiger partial charge in [0.25, 0.3) is 0 Å². The highest BCUT2D eigenvalue weighted by Crippen LogP contribution is 2.16. The van der Waals surface area contributed by atoms with Crippen LogP contribution >= 0.6 is 0 Å². The highest BCUT2D eigenvalue weighted by molar-refractivity contribution is 7.84. The molecular formula is C14H13F2NOS. The van der Waals surface area contributed by atoms with Crippen molar-refractivity contribution in [2.24, 2.45) is 5.73 Å². The van der Waals surface area contributed by atoms with Crippen LogP contribution in [0.3, 0.4) is 0 Å². The van der Waals surface area contributed by atoms with E-state index in [1.54, 1.807) is 12.1 Å². The number of nitrogens with two attached hydrogens (primary N) is 1. The molecule has 0 aliphatic rings. The van der Waals surface area contributed by atoms with Crippen LogP contribution in [-0.2, 0) is 23.1 Å². The second kappa shape index (κ2) is 6.04. The largest absolute Gasteiger partial charge is 0.326 e. The summed E-state index contributed by atoms with van der Waals surface area (Å²) in [5, 5.41) is 0. The molecule has 0 heterocycles. The first kappa shape index (κ1) is 13.8. The molecule has 1 unspecified atom stereocenters. The Morgan fingerprint density at radius 1 is 1.05 bits per heavy atom. The molecule has 0 radical (unpaired) electrons. The summed E-state index contributed by atoms with van der Waals surface area (Å²) in [5.41, 5.74) is 6.56. The lowest BCUT2D eigenvalue weighted by Gasteiger charge is -2.06. The maximum atomic E-state index is 13.3. The zero-order valence-corrected chi connectivity index (χ0v) is 10.9. The second-order valence-corrected chi connectivity index (χ2v) is 5.52. The predicted molar refractivity (Wildman–Crippen MR) is 70.8 cm³/mol. The van der Waals surface area contributed by atoms with E-state index in [-0.39, 0.29) is 23.9 Å². The van der Waals surface area contributed by atoms with Crippen LogP contribution in [-0.4, -0.2) is 4.21 Å². The van der Waals surface area contributed by atoms with Crippen LogP contribution in [0.4, 0.5) is 8.78 Å². The van der Waals surface area contributed by atoms with E-state index in [4.69, 9.17) is 5.73 Å². The maximum Gasteiger partial charge on any atom is 0.127 e. The number of halogens is 2. The van der Waals surface area contributed by atoms with E-state index in [1.807, 2.05) is 0 Å². The van der Waals surface area contributed by atoms with Gasteiger partial charge in [-0.15, -0.1) is 0 Å². The van der Waals surface area contributed by atoms with Crippen molar-refractivity contribution in [3.05, 3.63) is 65.2 Å². The Hall–Kier alpha value is -1.59. The lowest BCUT2D eigenvalue weighted by atomic mass is 10.1. The monoisotopic (exact) mass is 281 g/mol. The van der Waals surface area contributed by atoms with E-state index in [2.05, 4.69) is 0 Å². The van der Waals surface area contributed by atoms with Crippen LogP contribution in [0.25, 0.3) is 0 Å². The first-order chi connectivity index (χ1) is 9.10. The van der Waals surface area contributed by atoms with Crippen LogP contribution in [0, 0.1) is 11.6 Å². The molecule has 0 bridgehead atoms. The average molecular weight is 281 g/mol. The van der Waals surface area contributed by atoms with Crippen LogP contribution in [0.1, 0.15) is 11.1 Å². The Bertz CT molecular complexity index is 599. The Kier molecular flexibility index (Phi) is 4.39. The lowest BCUT2D eigenvalue weighted by molar-refractivity contribution is 0.610. The molecule has 19 heavy (non-hydrogen) atoms. The van der Waals surface area contributed by atoms with E-state index < -0.39 is 10.8 Å². The number of hydrogen-bond acceptors (Lipinski definition) is 2. The highest BCUT2D eigenvalue weighted by atomic mass is 32.2. The van der Waals surface area contributed by atoms with Crippen molar-refractivity contribution < 1.29 is 13.0 Å². The van der Waals surface area contributed by atoms with Crippen LogP contribution in [0.15, 0.2) is 47.4 Å². The summed E-state index contributed by atoms with van der Waals surface area (Å²) >= 11 is 0. The lowest BCUT2D eigenvalue weighted by Crippen LogP contribution is -2.03. The van der Waals surface area contributed by atoms with Gasteiger partial charge in [-0.1, -0.05) is 12.1 Å². The van der Waals surface area contributed by atoms with E-state index >= 15 is 0 Å². The molecule has 2 aromatic rings. The summed E-state index contributed by atoms with van der Waals surface area (Å²) in [4.78, 5) is 0.542. The third-order valence-corrected chi connectivity index (χ3v) is 4.10. The van der Waals surface area contributed by atoms with Crippen LogP contribution in [0.2, 0.25) is 0 Å². The standard InChI is InChI=1S/C14H13F2NOS/c15-12-2-4-13(5-3-12)19(18)9-10-1-6-14(16)11(7-10)8-17/h1-7H,8-9,17H2. The summed E-state index contributed by atoms with van der Waals surface area (Å²) in [6.07, 6.45) is 0. The molecule has 0 aliphatic heterocycles. The fraction of sp³-hybridized carbons (Fsp3) is 0.143. The molecule has 0 fully saturated rings. The fourth-order valence-electron chi connectivity index (χ4n) is 1.70. The minimum absolute atomic E-state index is 0.100. The molecule has 2 rings (SSSR count). The predicted octanol–water partition coefficient (Wildman–Crippen LogP) is 2.73. The highest BCUT2D eigenvalue weighted by Gasteiger charge is 2.08. The normalized spacial score (nSPS) is 12.4. The van der Waals surface area contributed by atoms with Crippen LogP contribution < -0.4 is 5.73 Å². The number of hydrogen-bond donors (Lipinski definition) is 1. The Morgan fingerprint density at radius 2 is 1.74 bits per heavy atom. The maximum absolute atomic E-state index is 13.3. The molecule has 0 amide bonds. The Morgan fingerprint density at radius 3 is 2.37 bits per heavy atom. The SMILES string of the molecule is NCc1cc(CS(=O)c2ccc(F)cc2)ccc1F. The quantitative estimate of drug-likeness (QED) is 0.936. The zero-order valence-electron chi connectivity index (χ0n) is 10.1. The van der Waals surface area contributed by atoms with Crippen molar-refractivity contribution in [3.63, 3.8) is 0 Å². The van der Waals surface area contributed by atoms with Gasteiger partial charge >= 0.3 is 0 Å². The van der Waals surface area contributed by atoms with Crippen LogP contribution in [0.5, 0.6) is 0 Å². The van der Waals surface area contributed by atoms with Crippen molar-refractivity contribution in [3.8, 4) is 0 Å². The molecule has 0 aromatic heterocycles. The number of benzene rings is 2. The molecular weight excluding hydrogens is 268 g/mol. The van der Waals surface area contributed by atoms with Gasteiger partial charge in [0.15, 0.2) is 0 Å². The van der Waals surface area contributed by atoms with Crippen molar-refractivity contribution in [1.82, 2.24) is 0 Å². The molecule has 0 spiro atoms. The zero-order chi connectivity index (χ0) is 13.8. The Labute approximate surface area is 112 Å². The van der Waals surface area contributed by atoms with Crippen molar-refractivity contribution in [2.45, 2.75) is 17.2 Å². The molecule has 0 saturated heterocycles. The fourth-order valence-corrected chi connectivity index (χ4v) is 2.78. The van der Waals surface area contributed by atoms with Gasteiger partial charge in [-0.25, -0.2) is 8.78 Å². The Balaban J connectivity index is 2.17. The molecule has 2 aromatic carbocycles. The summed E-state index contributed by atoms with van der Waals surface area (Å²) < 4.78 is 38.1. The smallest absolute Gasteiger partial charge is 0.127 e. The minimum atomic E-state index is -1.29. The van der Waals surface area contributed by atoms with Gasteiger partial charge < -0.3 is 5.73 Å². The molecule has 1 atom stereocenters. The van der Waals surface area contributed by atoms with Gasteiger partial charge in [-0.3, -0.25) is 4.21 Å². The second-order valence-electron chi connectivity index (χ2n) is 4.07. The first-order valence-corrected chi connectivity index (χ1v) is 7.03. The number of rotatable bonds is 4. The van der Waals surface area contributed by atoms with Gasteiger partial charge in [0.2, 0.25) is 0 Å². The first-order valence-electron chi connectivity index (χ1n) is 5.71. The van der Waals surface area contributed by atoms with Crippen molar-refractivity contribution in [1.29, 1.82) is 0 Å². The summed E-state index contributed by atoms with van der Waals surface area (Å²) in [5.74, 6) is -0.481. The summed E-state index contributed by atoms with van der Waals surface area (Å²) in [6.45, 7) is 0.100. The van der Waals surface area contributed by atoms with Gasteiger partial charge in [-0.2, -0.15) is 0 Å². The molecule has 5 heteroatoms.